The van der Waals surface area contributed by atoms with Crippen LogP contribution in [0.1, 0.15) is 60.5 Å². The molecule has 0 aliphatic rings. The van der Waals surface area contributed by atoms with Crippen molar-refractivity contribution >= 4 is 9.04 Å². The first-order valence-corrected chi connectivity index (χ1v) is 9.16. The molecule has 1 aromatic carbocycles. The number of rotatable bonds is 3. The zero-order valence-corrected chi connectivity index (χ0v) is 15.6. The molecule has 0 saturated carbocycles. The fraction of sp³-hybridized carbons (Fsp3) is 0.579. The highest BCUT2D eigenvalue weighted by atomic mass is 28.3. The van der Waals surface area contributed by atoms with E-state index in [4.69, 9.17) is 4.43 Å². The molecule has 0 saturated heterocycles. The predicted molar refractivity (Wildman–Crippen MR) is 93.7 cm³/mol. The van der Waals surface area contributed by atoms with Crippen LogP contribution in [0.5, 0.6) is 0 Å². The predicted octanol–water partition coefficient (Wildman–Crippen LogP) is 5.43. The lowest BCUT2D eigenvalue weighted by Crippen LogP contribution is -2.40. The van der Waals surface area contributed by atoms with Crippen LogP contribution in [0.3, 0.4) is 0 Å². The van der Waals surface area contributed by atoms with Crippen molar-refractivity contribution in [1.82, 2.24) is 0 Å². The molecule has 1 nitrogen and oxygen atoms in total. The Labute approximate surface area is 132 Å². The van der Waals surface area contributed by atoms with Crippen LogP contribution >= 0.6 is 0 Å². The molecule has 0 heterocycles. The van der Waals surface area contributed by atoms with Crippen LogP contribution in [0.2, 0.25) is 10.1 Å². The van der Waals surface area contributed by atoms with Gasteiger partial charge in [-0.15, -0.1) is 0 Å². The van der Waals surface area contributed by atoms with E-state index in [0.29, 0.717) is 0 Å². The molecule has 2 heteroatoms. The highest BCUT2D eigenvalue weighted by Crippen LogP contribution is 2.43. The summed E-state index contributed by atoms with van der Waals surface area (Å²) >= 11 is 0. The maximum absolute atomic E-state index is 6.48. The smallest absolute Gasteiger partial charge is 0.224 e. The number of hydrogen-bond donors (Lipinski definition) is 0. The first-order valence-electron chi connectivity index (χ1n) is 7.75. The van der Waals surface area contributed by atoms with E-state index in [2.05, 4.69) is 60.3 Å². The van der Waals surface area contributed by atoms with Gasteiger partial charge in [0.15, 0.2) is 0 Å². The van der Waals surface area contributed by atoms with Gasteiger partial charge in [0.1, 0.15) is 6.10 Å². The van der Waals surface area contributed by atoms with Crippen molar-refractivity contribution in [2.45, 2.75) is 71.1 Å². The molecule has 21 heavy (non-hydrogen) atoms. The van der Waals surface area contributed by atoms with Crippen molar-refractivity contribution in [1.29, 1.82) is 0 Å². The highest BCUT2D eigenvalue weighted by Gasteiger charge is 2.40. The molecule has 0 amide bonds. The normalized spacial score (nSPS) is 13.7. The van der Waals surface area contributed by atoms with Crippen LogP contribution in [-0.4, -0.2) is 15.1 Å². The quantitative estimate of drug-likeness (QED) is 0.534. The Hall–Kier alpha value is -1.04. The summed E-state index contributed by atoms with van der Waals surface area (Å²) in [6.07, 6.45) is 0.956. The molecule has 1 rings (SSSR count). The molecule has 0 aliphatic heterocycles. The minimum absolute atomic E-state index is 0.0255. The molecule has 1 radical (unpaired) electrons. The third-order valence-electron chi connectivity index (χ3n) is 3.14. The van der Waals surface area contributed by atoms with E-state index in [1.807, 2.05) is 30.3 Å². The first-order chi connectivity index (χ1) is 9.64. The lowest BCUT2D eigenvalue weighted by molar-refractivity contribution is 0.227. The summed E-state index contributed by atoms with van der Waals surface area (Å²) in [7, 11) is -0.992. The zero-order chi connectivity index (χ0) is 16.1. The molecule has 0 aromatic heterocycles. The van der Waals surface area contributed by atoms with Gasteiger partial charge in [-0.25, -0.2) is 0 Å². The summed E-state index contributed by atoms with van der Waals surface area (Å²) in [5.74, 6) is 6.56. The average molecular weight is 302 g/mol. The van der Waals surface area contributed by atoms with Crippen LogP contribution in [0.4, 0.5) is 0 Å². The fourth-order valence-electron chi connectivity index (χ4n) is 2.52. The van der Waals surface area contributed by atoms with Gasteiger partial charge in [-0.05, 0) is 28.6 Å². The molecule has 0 N–H and O–H groups in total. The fourth-order valence-corrected chi connectivity index (χ4v) is 5.99. The van der Waals surface area contributed by atoms with Crippen molar-refractivity contribution in [2.75, 3.05) is 0 Å². The summed E-state index contributed by atoms with van der Waals surface area (Å²) in [5.41, 5.74) is 1.06. The van der Waals surface area contributed by atoms with E-state index in [1.54, 1.807) is 0 Å². The largest absolute Gasteiger partial charge is 0.402 e. The van der Waals surface area contributed by atoms with E-state index in [9.17, 15) is 0 Å². The standard InChI is InChI=1S/C19H29OSi/c1-8-17(15-14-16-12-10-9-11-13-16)20-21(18(2,3)4)19(5,6)7/h9-13,17H,8H2,1-7H3. The van der Waals surface area contributed by atoms with E-state index < -0.39 is 9.04 Å². The summed E-state index contributed by atoms with van der Waals surface area (Å²) in [6.45, 7) is 15.8. The molecule has 115 valence electrons. The van der Waals surface area contributed by atoms with Crippen LogP contribution in [-0.2, 0) is 4.43 Å². The van der Waals surface area contributed by atoms with E-state index in [0.717, 1.165) is 12.0 Å². The van der Waals surface area contributed by atoms with Crippen LogP contribution in [0, 0.1) is 11.8 Å². The molecule has 0 spiro atoms. The minimum atomic E-state index is -0.992. The van der Waals surface area contributed by atoms with Gasteiger partial charge in [-0.3, -0.25) is 0 Å². The van der Waals surface area contributed by atoms with Gasteiger partial charge in [-0.1, -0.05) is 78.5 Å². The Balaban J connectivity index is 2.88. The van der Waals surface area contributed by atoms with Gasteiger partial charge in [0, 0.05) is 5.56 Å². The highest BCUT2D eigenvalue weighted by molar-refractivity contribution is 6.58. The second-order valence-electron chi connectivity index (χ2n) is 7.48. The van der Waals surface area contributed by atoms with Crippen molar-refractivity contribution in [3.63, 3.8) is 0 Å². The Bertz CT molecular complexity index is 468. The number of hydrogen-bond acceptors (Lipinski definition) is 1. The minimum Gasteiger partial charge on any atom is -0.402 e. The van der Waals surface area contributed by atoms with Crippen LogP contribution < -0.4 is 0 Å². The Morgan fingerprint density at radius 1 is 1.00 bits per heavy atom. The zero-order valence-electron chi connectivity index (χ0n) is 14.6. The SMILES string of the molecule is CCC(C#Cc1ccccc1)O[Si](C(C)(C)C)C(C)(C)C. The maximum Gasteiger partial charge on any atom is 0.224 e. The van der Waals surface area contributed by atoms with Crippen molar-refractivity contribution in [2.24, 2.45) is 0 Å². The number of benzene rings is 1. The maximum atomic E-state index is 6.48. The van der Waals surface area contributed by atoms with E-state index in [1.165, 1.54) is 0 Å². The van der Waals surface area contributed by atoms with Gasteiger partial charge < -0.3 is 4.43 Å². The molecule has 0 aliphatic carbocycles. The van der Waals surface area contributed by atoms with Gasteiger partial charge in [0.25, 0.3) is 0 Å². The molecule has 1 aromatic rings. The Morgan fingerprint density at radius 2 is 1.52 bits per heavy atom. The van der Waals surface area contributed by atoms with Crippen LogP contribution in [0.25, 0.3) is 0 Å². The van der Waals surface area contributed by atoms with Gasteiger partial charge in [0.05, 0.1) is 0 Å². The van der Waals surface area contributed by atoms with Crippen molar-refractivity contribution in [3.8, 4) is 11.8 Å². The lowest BCUT2D eigenvalue weighted by Gasteiger charge is -2.39. The first kappa shape index (κ1) is 18.0. The topological polar surface area (TPSA) is 9.23 Å². The van der Waals surface area contributed by atoms with Crippen molar-refractivity contribution < 1.29 is 4.43 Å². The molecule has 1 unspecified atom stereocenters. The second-order valence-corrected chi connectivity index (χ2v) is 11.4. The van der Waals surface area contributed by atoms with Gasteiger partial charge in [0.2, 0.25) is 9.04 Å². The summed E-state index contributed by atoms with van der Waals surface area (Å²) in [6, 6.07) is 10.1. The summed E-state index contributed by atoms with van der Waals surface area (Å²) in [4.78, 5) is 0. The van der Waals surface area contributed by atoms with Gasteiger partial charge in [-0.2, -0.15) is 0 Å². The van der Waals surface area contributed by atoms with Crippen molar-refractivity contribution in [3.05, 3.63) is 35.9 Å². The molecule has 1 atom stereocenters. The van der Waals surface area contributed by atoms with E-state index in [-0.39, 0.29) is 16.2 Å². The average Bonchev–Trinajstić information content (AvgIpc) is 2.37. The molecule has 0 bridgehead atoms. The molecule has 0 fully saturated rings. The second kappa shape index (κ2) is 7.29. The molecular weight excluding hydrogens is 272 g/mol. The Morgan fingerprint density at radius 3 is 1.95 bits per heavy atom. The monoisotopic (exact) mass is 301 g/mol. The third kappa shape index (κ3) is 6.07. The summed E-state index contributed by atoms with van der Waals surface area (Å²) < 4.78 is 6.48. The van der Waals surface area contributed by atoms with Gasteiger partial charge >= 0.3 is 0 Å². The van der Waals surface area contributed by atoms with Crippen LogP contribution in [0.15, 0.2) is 30.3 Å². The Kier molecular flexibility index (Phi) is 6.25. The summed E-state index contributed by atoms with van der Waals surface area (Å²) in [5, 5.41) is 0.398. The van der Waals surface area contributed by atoms with E-state index >= 15 is 0 Å². The third-order valence-corrected chi connectivity index (χ3v) is 6.39. The molecular formula is C19H29OSi. The lowest BCUT2D eigenvalue weighted by atomic mass is 10.2.